The minimum absolute atomic E-state index is 0.0265. The molecule has 1 saturated heterocycles. The Kier molecular flexibility index (Phi) is 3.29. The smallest absolute Gasteiger partial charge is 0.290 e. The van der Waals surface area contributed by atoms with Gasteiger partial charge in [0.25, 0.3) is 11.1 Å². The molecule has 1 aliphatic heterocycles. The summed E-state index contributed by atoms with van der Waals surface area (Å²) in [5.74, 6) is -0.0459. The lowest BCUT2D eigenvalue weighted by Gasteiger charge is -2.08. The van der Waals surface area contributed by atoms with Gasteiger partial charge in [-0.05, 0) is 42.0 Å². The van der Waals surface area contributed by atoms with E-state index in [0.717, 1.165) is 17.3 Å². The molecule has 18 heavy (non-hydrogen) atoms. The standard InChI is InChI=1S/C12H11NO4S/c1-6(10-11(15)13-12(16)18-10)7-3-4-8(14)9(5-7)17-2/h3-5,14H,1-2H3,(H,13,15,16)/b10-6-. The Bertz CT molecular complexity index is 565. The number of imide groups is 1. The van der Waals surface area contributed by atoms with Crippen LogP contribution in [0, 0.1) is 0 Å². The molecule has 0 saturated carbocycles. The van der Waals surface area contributed by atoms with Crippen LogP contribution in [0.1, 0.15) is 12.5 Å². The number of thioether (sulfide) groups is 1. The van der Waals surface area contributed by atoms with Gasteiger partial charge in [-0.2, -0.15) is 0 Å². The number of aromatic hydroxyl groups is 1. The molecule has 1 heterocycles. The normalized spacial score (nSPS) is 17.7. The topological polar surface area (TPSA) is 75.6 Å². The van der Waals surface area contributed by atoms with Crippen LogP contribution in [0.5, 0.6) is 11.5 Å². The van der Waals surface area contributed by atoms with Crippen LogP contribution < -0.4 is 10.1 Å². The van der Waals surface area contributed by atoms with Crippen LogP contribution in [-0.4, -0.2) is 23.4 Å². The van der Waals surface area contributed by atoms with Gasteiger partial charge in [-0.1, -0.05) is 6.07 Å². The maximum absolute atomic E-state index is 11.5. The van der Waals surface area contributed by atoms with E-state index in [-0.39, 0.29) is 11.0 Å². The highest BCUT2D eigenvalue weighted by Crippen LogP contribution is 2.34. The lowest BCUT2D eigenvalue weighted by molar-refractivity contribution is -0.115. The van der Waals surface area contributed by atoms with Gasteiger partial charge in [0.15, 0.2) is 11.5 Å². The molecule has 0 atom stereocenters. The summed E-state index contributed by atoms with van der Waals surface area (Å²) in [6, 6.07) is 4.77. The fourth-order valence-corrected chi connectivity index (χ4v) is 2.35. The van der Waals surface area contributed by atoms with Crippen LogP contribution in [0.15, 0.2) is 23.1 Å². The first-order valence-corrected chi connectivity index (χ1v) is 5.96. The quantitative estimate of drug-likeness (QED) is 0.801. The molecule has 94 valence electrons. The summed E-state index contributed by atoms with van der Waals surface area (Å²) in [6.45, 7) is 1.74. The van der Waals surface area contributed by atoms with Crippen molar-refractivity contribution in [3.05, 3.63) is 28.7 Å². The number of hydrogen-bond donors (Lipinski definition) is 2. The van der Waals surface area contributed by atoms with Crippen molar-refractivity contribution in [3.63, 3.8) is 0 Å². The van der Waals surface area contributed by atoms with E-state index < -0.39 is 5.91 Å². The zero-order valence-corrected chi connectivity index (χ0v) is 10.6. The molecule has 0 bridgehead atoms. The summed E-state index contributed by atoms with van der Waals surface area (Å²) in [6.07, 6.45) is 0. The number of benzene rings is 1. The Morgan fingerprint density at radius 2 is 2.11 bits per heavy atom. The second-order valence-electron chi connectivity index (χ2n) is 3.68. The first kappa shape index (κ1) is 12.5. The summed E-state index contributed by atoms with van der Waals surface area (Å²) < 4.78 is 5.00. The zero-order valence-electron chi connectivity index (χ0n) is 9.81. The Hall–Kier alpha value is -1.95. The first-order chi connectivity index (χ1) is 8.52. The van der Waals surface area contributed by atoms with E-state index in [1.54, 1.807) is 19.1 Å². The highest BCUT2D eigenvalue weighted by atomic mass is 32.2. The minimum atomic E-state index is -0.394. The summed E-state index contributed by atoms with van der Waals surface area (Å²) in [7, 11) is 1.45. The number of nitrogens with one attached hydrogen (secondary N) is 1. The largest absolute Gasteiger partial charge is 0.504 e. The van der Waals surface area contributed by atoms with Gasteiger partial charge >= 0.3 is 0 Å². The molecule has 0 aliphatic carbocycles. The Balaban J connectivity index is 2.46. The third-order valence-electron chi connectivity index (χ3n) is 2.57. The molecular formula is C12H11NO4S. The van der Waals surface area contributed by atoms with Crippen molar-refractivity contribution in [1.29, 1.82) is 0 Å². The SMILES string of the molecule is COc1cc(/C(C)=C2\SC(=O)NC2=O)ccc1O. The Morgan fingerprint density at radius 1 is 1.39 bits per heavy atom. The Labute approximate surface area is 108 Å². The summed E-state index contributed by atoms with van der Waals surface area (Å²) in [5.41, 5.74) is 1.39. The molecule has 6 heteroatoms. The van der Waals surface area contributed by atoms with Gasteiger partial charge in [0, 0.05) is 0 Å². The van der Waals surface area contributed by atoms with Crippen molar-refractivity contribution in [1.82, 2.24) is 5.32 Å². The van der Waals surface area contributed by atoms with Gasteiger partial charge < -0.3 is 9.84 Å². The summed E-state index contributed by atoms with van der Waals surface area (Å²) in [5, 5.41) is 11.3. The summed E-state index contributed by atoms with van der Waals surface area (Å²) >= 11 is 0.871. The van der Waals surface area contributed by atoms with Crippen molar-refractivity contribution in [2.24, 2.45) is 0 Å². The number of methoxy groups -OCH3 is 1. The van der Waals surface area contributed by atoms with Crippen molar-refractivity contribution in [3.8, 4) is 11.5 Å². The average molecular weight is 265 g/mol. The number of carbonyl (C=O) groups is 2. The van der Waals surface area contributed by atoms with E-state index in [1.807, 2.05) is 0 Å². The number of hydrogen-bond acceptors (Lipinski definition) is 5. The maximum Gasteiger partial charge on any atom is 0.290 e. The van der Waals surface area contributed by atoms with Crippen LogP contribution in [0.4, 0.5) is 4.79 Å². The van der Waals surface area contributed by atoms with Crippen LogP contribution in [0.25, 0.3) is 5.57 Å². The van der Waals surface area contributed by atoms with E-state index >= 15 is 0 Å². The fraction of sp³-hybridized carbons (Fsp3) is 0.167. The number of carbonyl (C=O) groups excluding carboxylic acids is 2. The van der Waals surface area contributed by atoms with Gasteiger partial charge in [0.1, 0.15) is 0 Å². The first-order valence-electron chi connectivity index (χ1n) is 5.14. The van der Waals surface area contributed by atoms with Crippen LogP contribution in [-0.2, 0) is 4.79 Å². The molecule has 0 aromatic heterocycles. The fourth-order valence-electron chi connectivity index (χ4n) is 1.60. The number of phenols is 1. The van der Waals surface area contributed by atoms with Crippen molar-refractivity contribution < 1.29 is 19.4 Å². The second kappa shape index (κ2) is 4.73. The molecule has 2 N–H and O–H groups in total. The van der Waals surface area contributed by atoms with Crippen molar-refractivity contribution >= 4 is 28.5 Å². The number of ether oxygens (including phenoxy) is 1. The average Bonchev–Trinajstić information content (AvgIpc) is 2.68. The molecule has 1 aromatic rings. The highest BCUT2D eigenvalue weighted by molar-refractivity contribution is 8.18. The van der Waals surface area contributed by atoms with Crippen molar-refractivity contribution in [2.75, 3.05) is 7.11 Å². The molecule has 2 amide bonds. The lowest BCUT2D eigenvalue weighted by Crippen LogP contribution is -2.18. The van der Waals surface area contributed by atoms with Crippen LogP contribution in [0.3, 0.4) is 0 Å². The molecule has 1 fully saturated rings. The maximum atomic E-state index is 11.5. The van der Waals surface area contributed by atoms with Gasteiger partial charge in [0.2, 0.25) is 0 Å². The predicted octanol–water partition coefficient (Wildman–Crippen LogP) is 2.11. The molecule has 0 radical (unpaired) electrons. The van der Waals surface area contributed by atoms with E-state index in [0.29, 0.717) is 16.2 Å². The molecule has 5 nitrogen and oxygen atoms in total. The minimum Gasteiger partial charge on any atom is -0.504 e. The predicted molar refractivity (Wildman–Crippen MR) is 68.4 cm³/mol. The third kappa shape index (κ3) is 2.19. The second-order valence-corrected chi connectivity index (χ2v) is 4.67. The summed E-state index contributed by atoms with van der Waals surface area (Å²) in [4.78, 5) is 23.0. The molecule has 0 spiro atoms. The van der Waals surface area contributed by atoms with E-state index in [1.165, 1.54) is 13.2 Å². The Morgan fingerprint density at radius 3 is 2.67 bits per heavy atom. The number of phenolic OH excluding ortho intramolecular Hbond substituents is 1. The molecular weight excluding hydrogens is 254 g/mol. The molecule has 1 aromatic carbocycles. The van der Waals surface area contributed by atoms with Crippen LogP contribution in [0.2, 0.25) is 0 Å². The van der Waals surface area contributed by atoms with Crippen molar-refractivity contribution in [2.45, 2.75) is 6.92 Å². The van der Waals surface area contributed by atoms with Gasteiger partial charge in [-0.3, -0.25) is 14.9 Å². The van der Waals surface area contributed by atoms with E-state index in [2.05, 4.69) is 5.32 Å². The van der Waals surface area contributed by atoms with Gasteiger partial charge in [-0.25, -0.2) is 0 Å². The molecule has 1 aliphatic rings. The number of allylic oxidation sites excluding steroid dienone is 1. The molecule has 0 unspecified atom stereocenters. The number of amides is 2. The third-order valence-corrected chi connectivity index (χ3v) is 3.55. The van der Waals surface area contributed by atoms with E-state index in [9.17, 15) is 14.7 Å². The number of rotatable bonds is 2. The highest BCUT2D eigenvalue weighted by Gasteiger charge is 2.27. The van der Waals surface area contributed by atoms with Crippen LogP contribution >= 0.6 is 11.8 Å². The zero-order chi connectivity index (χ0) is 13.3. The lowest BCUT2D eigenvalue weighted by atomic mass is 10.1. The monoisotopic (exact) mass is 265 g/mol. The van der Waals surface area contributed by atoms with E-state index in [4.69, 9.17) is 4.74 Å². The molecule has 2 rings (SSSR count). The van der Waals surface area contributed by atoms with Gasteiger partial charge in [-0.15, -0.1) is 0 Å². The van der Waals surface area contributed by atoms with Gasteiger partial charge in [0.05, 0.1) is 12.0 Å².